The molecule has 17 heavy (non-hydrogen) atoms. The molecule has 94 valence electrons. The van der Waals surface area contributed by atoms with E-state index in [0.717, 1.165) is 13.0 Å². The van der Waals surface area contributed by atoms with Gasteiger partial charge in [0, 0.05) is 6.54 Å². The van der Waals surface area contributed by atoms with Crippen LogP contribution in [-0.2, 0) is 4.74 Å². The molecule has 1 aromatic rings. The molecule has 0 fully saturated rings. The second-order valence-electron chi connectivity index (χ2n) is 3.62. The van der Waals surface area contributed by atoms with Crippen molar-refractivity contribution in [3.63, 3.8) is 0 Å². The number of methoxy groups -OCH3 is 1. The predicted octanol–water partition coefficient (Wildman–Crippen LogP) is 1.85. The van der Waals surface area contributed by atoms with E-state index in [0.29, 0.717) is 24.5 Å². The third-order valence-corrected chi connectivity index (χ3v) is 2.24. The van der Waals surface area contributed by atoms with E-state index in [1.807, 2.05) is 0 Å². The van der Waals surface area contributed by atoms with Crippen molar-refractivity contribution >= 4 is 5.97 Å². The standard InChI is InChI=1S/C13H19NO3/c1-3-7-14-8-9-17-13(15)11-5-4-6-12(10-11)16-2/h4-6,10,14H,3,7-9H2,1-2H3. The average molecular weight is 237 g/mol. The Balaban J connectivity index is 2.36. The maximum atomic E-state index is 11.6. The topological polar surface area (TPSA) is 47.6 Å². The van der Waals surface area contributed by atoms with Crippen LogP contribution in [0.25, 0.3) is 0 Å². The highest BCUT2D eigenvalue weighted by Crippen LogP contribution is 2.13. The summed E-state index contributed by atoms with van der Waals surface area (Å²) < 4.78 is 10.2. The van der Waals surface area contributed by atoms with Crippen molar-refractivity contribution in [1.82, 2.24) is 5.32 Å². The van der Waals surface area contributed by atoms with Gasteiger partial charge in [0.05, 0.1) is 12.7 Å². The van der Waals surface area contributed by atoms with Crippen molar-refractivity contribution in [3.8, 4) is 5.75 Å². The third kappa shape index (κ3) is 4.87. The van der Waals surface area contributed by atoms with Crippen LogP contribution in [0.4, 0.5) is 0 Å². The summed E-state index contributed by atoms with van der Waals surface area (Å²) >= 11 is 0. The lowest BCUT2D eigenvalue weighted by atomic mass is 10.2. The molecule has 0 spiro atoms. The highest BCUT2D eigenvalue weighted by Gasteiger charge is 2.07. The molecule has 0 atom stereocenters. The number of carbonyl (C=O) groups is 1. The van der Waals surface area contributed by atoms with E-state index in [9.17, 15) is 4.79 Å². The van der Waals surface area contributed by atoms with Crippen LogP contribution in [0.1, 0.15) is 23.7 Å². The number of benzene rings is 1. The lowest BCUT2D eigenvalue weighted by Crippen LogP contribution is -2.22. The molecule has 4 heteroatoms. The van der Waals surface area contributed by atoms with E-state index in [-0.39, 0.29) is 5.97 Å². The second-order valence-corrected chi connectivity index (χ2v) is 3.62. The second kappa shape index (κ2) is 7.68. The van der Waals surface area contributed by atoms with Gasteiger partial charge in [-0.15, -0.1) is 0 Å². The van der Waals surface area contributed by atoms with Gasteiger partial charge in [0.25, 0.3) is 0 Å². The van der Waals surface area contributed by atoms with Gasteiger partial charge < -0.3 is 14.8 Å². The molecule has 0 aliphatic rings. The molecule has 1 N–H and O–H groups in total. The first kappa shape index (κ1) is 13.5. The first-order chi connectivity index (χ1) is 8.27. The summed E-state index contributed by atoms with van der Waals surface area (Å²) in [6, 6.07) is 6.94. The van der Waals surface area contributed by atoms with Crippen molar-refractivity contribution in [2.45, 2.75) is 13.3 Å². The van der Waals surface area contributed by atoms with Crippen LogP contribution in [0.3, 0.4) is 0 Å². The van der Waals surface area contributed by atoms with E-state index >= 15 is 0 Å². The van der Waals surface area contributed by atoms with Gasteiger partial charge in [-0.3, -0.25) is 0 Å². The normalized spacial score (nSPS) is 10.0. The molecule has 0 saturated heterocycles. The number of ether oxygens (including phenoxy) is 2. The van der Waals surface area contributed by atoms with Crippen LogP contribution in [-0.4, -0.2) is 32.8 Å². The molecular formula is C13H19NO3. The Morgan fingerprint density at radius 2 is 2.18 bits per heavy atom. The quantitative estimate of drug-likeness (QED) is 0.581. The van der Waals surface area contributed by atoms with Gasteiger partial charge in [-0.1, -0.05) is 13.0 Å². The summed E-state index contributed by atoms with van der Waals surface area (Å²) in [5.74, 6) is 0.339. The fourth-order valence-corrected chi connectivity index (χ4v) is 1.35. The number of carbonyl (C=O) groups excluding carboxylic acids is 1. The zero-order valence-corrected chi connectivity index (χ0v) is 10.4. The molecule has 1 aromatic carbocycles. The Bertz CT molecular complexity index is 352. The summed E-state index contributed by atoms with van der Waals surface area (Å²) in [7, 11) is 1.57. The number of rotatable bonds is 7. The third-order valence-electron chi connectivity index (χ3n) is 2.24. The van der Waals surface area contributed by atoms with Crippen LogP contribution in [0.15, 0.2) is 24.3 Å². The Hall–Kier alpha value is -1.55. The maximum absolute atomic E-state index is 11.6. The highest BCUT2D eigenvalue weighted by atomic mass is 16.5. The monoisotopic (exact) mass is 237 g/mol. The molecule has 0 heterocycles. The minimum absolute atomic E-state index is 0.317. The summed E-state index contributed by atoms with van der Waals surface area (Å²) in [5, 5.41) is 3.16. The van der Waals surface area contributed by atoms with Gasteiger partial charge in [0.2, 0.25) is 0 Å². The van der Waals surface area contributed by atoms with Crippen molar-refractivity contribution in [3.05, 3.63) is 29.8 Å². The number of hydrogen-bond acceptors (Lipinski definition) is 4. The van der Waals surface area contributed by atoms with E-state index in [4.69, 9.17) is 9.47 Å². The van der Waals surface area contributed by atoms with Gasteiger partial charge in [0.15, 0.2) is 0 Å². The Labute approximate surface area is 102 Å². The van der Waals surface area contributed by atoms with Crippen LogP contribution in [0.2, 0.25) is 0 Å². The Kier molecular flexibility index (Phi) is 6.10. The molecule has 0 bridgehead atoms. The number of nitrogens with one attached hydrogen (secondary N) is 1. The zero-order valence-electron chi connectivity index (χ0n) is 10.4. The van der Waals surface area contributed by atoms with Gasteiger partial charge in [-0.25, -0.2) is 4.79 Å². The van der Waals surface area contributed by atoms with Crippen LogP contribution < -0.4 is 10.1 Å². The Morgan fingerprint density at radius 1 is 1.35 bits per heavy atom. The lowest BCUT2D eigenvalue weighted by molar-refractivity contribution is 0.0508. The summed E-state index contributed by atoms with van der Waals surface area (Å²) in [4.78, 5) is 11.6. The van der Waals surface area contributed by atoms with E-state index < -0.39 is 0 Å². The van der Waals surface area contributed by atoms with Gasteiger partial charge in [-0.05, 0) is 31.2 Å². The molecule has 0 aromatic heterocycles. The van der Waals surface area contributed by atoms with E-state index in [2.05, 4.69) is 12.2 Å². The fraction of sp³-hybridized carbons (Fsp3) is 0.462. The van der Waals surface area contributed by atoms with E-state index in [1.165, 1.54) is 0 Å². The van der Waals surface area contributed by atoms with Gasteiger partial charge in [0.1, 0.15) is 12.4 Å². The first-order valence-corrected chi connectivity index (χ1v) is 5.79. The first-order valence-electron chi connectivity index (χ1n) is 5.79. The molecule has 0 amide bonds. The number of hydrogen-bond donors (Lipinski definition) is 1. The van der Waals surface area contributed by atoms with E-state index in [1.54, 1.807) is 31.4 Å². The van der Waals surface area contributed by atoms with Crippen molar-refractivity contribution in [2.75, 3.05) is 26.8 Å². The highest BCUT2D eigenvalue weighted by molar-refractivity contribution is 5.89. The summed E-state index contributed by atoms with van der Waals surface area (Å²) in [6.45, 7) is 4.10. The maximum Gasteiger partial charge on any atom is 0.338 e. The van der Waals surface area contributed by atoms with Gasteiger partial charge in [-0.2, -0.15) is 0 Å². The Morgan fingerprint density at radius 3 is 2.88 bits per heavy atom. The SMILES string of the molecule is CCCNCCOC(=O)c1cccc(OC)c1. The van der Waals surface area contributed by atoms with Crippen LogP contribution in [0, 0.1) is 0 Å². The molecule has 0 saturated carbocycles. The molecule has 0 aliphatic heterocycles. The minimum Gasteiger partial charge on any atom is -0.497 e. The summed E-state index contributed by atoms with van der Waals surface area (Å²) in [5.41, 5.74) is 0.514. The molecule has 0 unspecified atom stereocenters. The molecular weight excluding hydrogens is 218 g/mol. The zero-order chi connectivity index (χ0) is 12.5. The van der Waals surface area contributed by atoms with Crippen molar-refractivity contribution in [1.29, 1.82) is 0 Å². The molecule has 0 aliphatic carbocycles. The lowest BCUT2D eigenvalue weighted by Gasteiger charge is -2.06. The minimum atomic E-state index is -0.317. The predicted molar refractivity (Wildman–Crippen MR) is 66.4 cm³/mol. The number of esters is 1. The largest absolute Gasteiger partial charge is 0.497 e. The molecule has 0 radical (unpaired) electrons. The van der Waals surface area contributed by atoms with Crippen molar-refractivity contribution in [2.24, 2.45) is 0 Å². The van der Waals surface area contributed by atoms with Crippen LogP contribution >= 0.6 is 0 Å². The van der Waals surface area contributed by atoms with Gasteiger partial charge >= 0.3 is 5.97 Å². The fourth-order valence-electron chi connectivity index (χ4n) is 1.35. The summed E-state index contributed by atoms with van der Waals surface area (Å²) in [6.07, 6.45) is 1.07. The van der Waals surface area contributed by atoms with Crippen LogP contribution in [0.5, 0.6) is 5.75 Å². The average Bonchev–Trinajstić information content (AvgIpc) is 2.38. The smallest absolute Gasteiger partial charge is 0.338 e. The molecule has 1 rings (SSSR count). The van der Waals surface area contributed by atoms with Crippen molar-refractivity contribution < 1.29 is 14.3 Å². The molecule has 4 nitrogen and oxygen atoms in total.